The highest BCUT2D eigenvalue weighted by molar-refractivity contribution is 7.99. The predicted octanol–water partition coefficient (Wildman–Crippen LogP) is 5.01. The highest BCUT2D eigenvalue weighted by Crippen LogP contribution is 2.31. The van der Waals surface area contributed by atoms with Gasteiger partial charge in [-0.2, -0.15) is 0 Å². The molecule has 4 rings (SSSR count). The molecule has 1 fully saturated rings. The quantitative estimate of drug-likeness (QED) is 0.507. The molecule has 8 heteroatoms. The standard InChI is InChI=1S/C23H26ClN5OS/c1-17-26-27-23(29(17)15-18-8-4-2-5-9-18)31-16-22(30)25-19-10-11-21(20(24)14-19)28-12-6-3-7-13-28/h2,4-5,8-11,14H,3,6-7,12-13,15-16H2,1H3,(H,25,30). The van der Waals surface area contributed by atoms with Gasteiger partial charge in [-0.15, -0.1) is 10.2 Å². The molecule has 1 aliphatic rings. The van der Waals surface area contributed by atoms with Gasteiger partial charge >= 0.3 is 0 Å². The van der Waals surface area contributed by atoms with Crippen LogP contribution in [0.25, 0.3) is 0 Å². The smallest absolute Gasteiger partial charge is 0.234 e. The molecular weight excluding hydrogens is 430 g/mol. The van der Waals surface area contributed by atoms with Crippen LogP contribution in [0, 0.1) is 6.92 Å². The van der Waals surface area contributed by atoms with Crippen LogP contribution >= 0.6 is 23.4 Å². The number of amides is 1. The van der Waals surface area contributed by atoms with Crippen LogP contribution in [0.3, 0.4) is 0 Å². The van der Waals surface area contributed by atoms with Crippen molar-refractivity contribution in [3.05, 3.63) is 64.9 Å². The summed E-state index contributed by atoms with van der Waals surface area (Å²) in [6.07, 6.45) is 3.67. The lowest BCUT2D eigenvalue weighted by molar-refractivity contribution is -0.113. The monoisotopic (exact) mass is 455 g/mol. The number of thioether (sulfide) groups is 1. The van der Waals surface area contributed by atoms with Gasteiger partial charge in [0.15, 0.2) is 5.16 Å². The molecule has 1 saturated heterocycles. The van der Waals surface area contributed by atoms with Gasteiger partial charge in [0, 0.05) is 18.8 Å². The molecule has 0 spiro atoms. The van der Waals surface area contributed by atoms with E-state index in [1.54, 1.807) is 0 Å². The Morgan fingerprint density at radius 1 is 1.10 bits per heavy atom. The third-order valence-corrected chi connectivity index (χ3v) is 6.62. The number of piperidine rings is 1. The second-order valence-electron chi connectivity index (χ2n) is 7.65. The molecule has 1 N–H and O–H groups in total. The maximum atomic E-state index is 12.5. The molecular formula is C23H26ClN5OS. The van der Waals surface area contributed by atoms with Gasteiger partial charge in [-0.3, -0.25) is 4.79 Å². The number of halogens is 1. The van der Waals surface area contributed by atoms with Crippen LogP contribution in [0.5, 0.6) is 0 Å². The Kier molecular flexibility index (Phi) is 7.14. The topological polar surface area (TPSA) is 63.1 Å². The van der Waals surface area contributed by atoms with Gasteiger partial charge in [0.05, 0.1) is 23.0 Å². The Bertz CT molecular complexity index is 1030. The summed E-state index contributed by atoms with van der Waals surface area (Å²) >= 11 is 7.88. The van der Waals surface area contributed by atoms with Gasteiger partial charge in [-0.25, -0.2) is 0 Å². The number of hydrogen-bond donors (Lipinski definition) is 1. The maximum absolute atomic E-state index is 12.5. The van der Waals surface area contributed by atoms with Crippen molar-refractivity contribution in [2.45, 2.75) is 37.9 Å². The Morgan fingerprint density at radius 3 is 2.61 bits per heavy atom. The molecule has 2 heterocycles. The van der Waals surface area contributed by atoms with Crippen LogP contribution in [-0.4, -0.2) is 39.5 Å². The van der Waals surface area contributed by atoms with E-state index in [-0.39, 0.29) is 11.7 Å². The minimum Gasteiger partial charge on any atom is -0.370 e. The van der Waals surface area contributed by atoms with E-state index >= 15 is 0 Å². The minimum atomic E-state index is -0.0984. The van der Waals surface area contributed by atoms with Gasteiger partial charge in [-0.1, -0.05) is 53.7 Å². The zero-order chi connectivity index (χ0) is 21.6. The van der Waals surface area contributed by atoms with E-state index in [1.807, 2.05) is 47.9 Å². The van der Waals surface area contributed by atoms with Crippen molar-refractivity contribution >= 4 is 40.6 Å². The van der Waals surface area contributed by atoms with Crippen LogP contribution in [-0.2, 0) is 11.3 Å². The molecule has 6 nitrogen and oxygen atoms in total. The summed E-state index contributed by atoms with van der Waals surface area (Å²) in [6, 6.07) is 15.9. The van der Waals surface area contributed by atoms with Gasteiger partial charge < -0.3 is 14.8 Å². The molecule has 1 aromatic heterocycles. The van der Waals surface area contributed by atoms with Crippen molar-refractivity contribution in [1.82, 2.24) is 14.8 Å². The van der Waals surface area contributed by atoms with E-state index in [9.17, 15) is 4.79 Å². The van der Waals surface area contributed by atoms with E-state index in [1.165, 1.54) is 36.6 Å². The SMILES string of the molecule is Cc1nnc(SCC(=O)Nc2ccc(N3CCCCC3)c(Cl)c2)n1Cc1ccccc1. The number of rotatable bonds is 7. The van der Waals surface area contributed by atoms with Crippen LogP contribution in [0.15, 0.2) is 53.7 Å². The summed E-state index contributed by atoms with van der Waals surface area (Å²) in [5.74, 6) is 0.976. The molecule has 0 bridgehead atoms. The first-order valence-corrected chi connectivity index (χ1v) is 11.9. The van der Waals surface area contributed by atoms with Crippen LogP contribution in [0.2, 0.25) is 5.02 Å². The van der Waals surface area contributed by atoms with E-state index in [2.05, 4.69) is 32.5 Å². The first-order valence-electron chi connectivity index (χ1n) is 10.5. The summed E-state index contributed by atoms with van der Waals surface area (Å²) in [7, 11) is 0. The maximum Gasteiger partial charge on any atom is 0.234 e. The normalized spacial score (nSPS) is 13.9. The van der Waals surface area contributed by atoms with E-state index < -0.39 is 0 Å². The Labute approximate surface area is 192 Å². The number of carbonyl (C=O) groups is 1. The molecule has 1 amide bonds. The summed E-state index contributed by atoms with van der Waals surface area (Å²) < 4.78 is 2.03. The van der Waals surface area contributed by atoms with Crippen molar-refractivity contribution in [3.8, 4) is 0 Å². The molecule has 162 valence electrons. The van der Waals surface area contributed by atoms with Gasteiger partial charge in [-0.05, 0) is 49.9 Å². The summed E-state index contributed by atoms with van der Waals surface area (Å²) in [4.78, 5) is 14.8. The lowest BCUT2D eigenvalue weighted by Gasteiger charge is -2.29. The number of aryl methyl sites for hydroxylation is 1. The number of hydrogen-bond acceptors (Lipinski definition) is 5. The molecule has 31 heavy (non-hydrogen) atoms. The highest BCUT2D eigenvalue weighted by Gasteiger charge is 2.16. The zero-order valence-electron chi connectivity index (χ0n) is 17.6. The van der Waals surface area contributed by atoms with Crippen molar-refractivity contribution in [1.29, 1.82) is 0 Å². The predicted molar refractivity (Wildman–Crippen MR) is 127 cm³/mol. The lowest BCUT2D eigenvalue weighted by Crippen LogP contribution is -2.29. The molecule has 2 aromatic carbocycles. The fourth-order valence-electron chi connectivity index (χ4n) is 3.72. The molecule has 0 atom stereocenters. The average molecular weight is 456 g/mol. The second kappa shape index (κ2) is 10.2. The first kappa shape index (κ1) is 21.7. The van der Waals surface area contributed by atoms with Crippen LogP contribution in [0.1, 0.15) is 30.7 Å². The second-order valence-corrected chi connectivity index (χ2v) is 9.00. The molecule has 0 saturated carbocycles. The summed E-state index contributed by atoms with van der Waals surface area (Å²) in [5.41, 5.74) is 2.91. The number of nitrogens with zero attached hydrogens (tertiary/aromatic N) is 4. The van der Waals surface area contributed by atoms with Gasteiger partial charge in [0.25, 0.3) is 0 Å². The largest absolute Gasteiger partial charge is 0.370 e. The van der Waals surface area contributed by atoms with Crippen LogP contribution < -0.4 is 10.2 Å². The fourth-order valence-corrected chi connectivity index (χ4v) is 4.80. The highest BCUT2D eigenvalue weighted by atomic mass is 35.5. The third-order valence-electron chi connectivity index (χ3n) is 5.35. The zero-order valence-corrected chi connectivity index (χ0v) is 19.1. The molecule has 0 unspecified atom stereocenters. The Morgan fingerprint density at radius 2 is 1.87 bits per heavy atom. The Hall–Kier alpha value is -2.51. The molecule has 1 aliphatic heterocycles. The third kappa shape index (κ3) is 5.60. The molecule has 0 radical (unpaired) electrons. The van der Waals surface area contributed by atoms with E-state index in [0.29, 0.717) is 17.3 Å². The summed E-state index contributed by atoms with van der Waals surface area (Å²) in [6.45, 7) is 4.67. The van der Waals surface area contributed by atoms with Gasteiger partial charge in [0.1, 0.15) is 5.82 Å². The van der Waals surface area contributed by atoms with E-state index in [0.717, 1.165) is 29.8 Å². The van der Waals surface area contributed by atoms with Crippen molar-refractivity contribution in [2.24, 2.45) is 0 Å². The van der Waals surface area contributed by atoms with Crippen LogP contribution in [0.4, 0.5) is 11.4 Å². The average Bonchev–Trinajstić information content (AvgIpc) is 3.13. The minimum absolute atomic E-state index is 0.0984. The number of carbonyl (C=O) groups excluding carboxylic acids is 1. The van der Waals surface area contributed by atoms with E-state index in [4.69, 9.17) is 11.6 Å². The fraction of sp³-hybridized carbons (Fsp3) is 0.348. The number of benzene rings is 2. The molecule has 3 aromatic rings. The molecule has 0 aliphatic carbocycles. The van der Waals surface area contributed by atoms with Crippen molar-refractivity contribution in [2.75, 3.05) is 29.1 Å². The summed E-state index contributed by atoms with van der Waals surface area (Å²) in [5, 5.41) is 12.8. The number of aromatic nitrogens is 3. The van der Waals surface area contributed by atoms with Crippen molar-refractivity contribution < 1.29 is 4.79 Å². The van der Waals surface area contributed by atoms with Gasteiger partial charge in [0.2, 0.25) is 5.91 Å². The number of anilines is 2. The first-order chi connectivity index (χ1) is 15.1. The Balaban J connectivity index is 1.35. The lowest BCUT2D eigenvalue weighted by atomic mass is 10.1. The van der Waals surface area contributed by atoms with Crippen molar-refractivity contribution in [3.63, 3.8) is 0 Å². The number of nitrogens with one attached hydrogen (secondary N) is 1.